The fourth-order valence-electron chi connectivity index (χ4n) is 2.54. The van der Waals surface area contributed by atoms with Crippen LogP contribution in [0.2, 0.25) is 5.02 Å². The normalized spacial score (nSPS) is 22.5. The number of benzene rings is 1. The first kappa shape index (κ1) is 15.5. The van der Waals surface area contributed by atoms with Crippen molar-refractivity contribution in [3.8, 4) is 0 Å². The van der Waals surface area contributed by atoms with Gasteiger partial charge in [-0.3, -0.25) is 4.79 Å². The van der Waals surface area contributed by atoms with Gasteiger partial charge in [-0.25, -0.2) is 0 Å². The van der Waals surface area contributed by atoms with Crippen molar-refractivity contribution in [3.05, 3.63) is 23.2 Å². The Balaban J connectivity index is 1.78. The SMILES string of the molecule is CC1CCCC(SCC(=O)Nc2ccc(Cl)c(N)c2)C1. The van der Waals surface area contributed by atoms with Crippen LogP contribution in [0.4, 0.5) is 11.4 Å². The standard InChI is InChI=1S/C15H21ClN2OS/c1-10-3-2-4-12(7-10)20-9-15(19)18-11-5-6-13(16)14(17)8-11/h5-6,8,10,12H,2-4,7,9,17H2,1H3,(H,18,19). The van der Waals surface area contributed by atoms with Crippen LogP contribution in [0, 0.1) is 5.92 Å². The maximum absolute atomic E-state index is 11.9. The molecule has 1 aromatic rings. The van der Waals surface area contributed by atoms with E-state index in [4.69, 9.17) is 17.3 Å². The Morgan fingerprint density at radius 2 is 2.30 bits per heavy atom. The van der Waals surface area contributed by atoms with Gasteiger partial charge in [0.2, 0.25) is 5.91 Å². The molecule has 0 spiro atoms. The first-order valence-corrected chi connectivity index (χ1v) is 8.43. The summed E-state index contributed by atoms with van der Waals surface area (Å²) in [6.07, 6.45) is 5.07. The molecule has 5 heteroatoms. The topological polar surface area (TPSA) is 55.1 Å². The Labute approximate surface area is 129 Å². The van der Waals surface area contributed by atoms with E-state index in [1.54, 1.807) is 30.0 Å². The minimum Gasteiger partial charge on any atom is -0.397 e. The minimum absolute atomic E-state index is 0.0231. The fraction of sp³-hybridized carbons (Fsp3) is 0.533. The van der Waals surface area contributed by atoms with E-state index >= 15 is 0 Å². The lowest BCUT2D eigenvalue weighted by Gasteiger charge is -2.25. The quantitative estimate of drug-likeness (QED) is 0.820. The number of halogens is 1. The van der Waals surface area contributed by atoms with Gasteiger partial charge in [0.05, 0.1) is 16.5 Å². The summed E-state index contributed by atoms with van der Waals surface area (Å²) in [6, 6.07) is 5.15. The molecule has 1 aliphatic rings. The summed E-state index contributed by atoms with van der Waals surface area (Å²) in [5.41, 5.74) is 6.90. The van der Waals surface area contributed by atoms with Crippen molar-refractivity contribution < 1.29 is 4.79 Å². The third-order valence-electron chi connectivity index (χ3n) is 3.62. The van der Waals surface area contributed by atoms with Crippen molar-refractivity contribution in [3.63, 3.8) is 0 Å². The predicted octanol–water partition coefficient (Wildman–Crippen LogP) is 4.17. The highest BCUT2D eigenvalue weighted by Crippen LogP contribution is 2.32. The van der Waals surface area contributed by atoms with Crippen LogP contribution < -0.4 is 11.1 Å². The molecule has 0 heterocycles. The van der Waals surface area contributed by atoms with Crippen LogP contribution >= 0.6 is 23.4 Å². The van der Waals surface area contributed by atoms with Gasteiger partial charge >= 0.3 is 0 Å². The van der Waals surface area contributed by atoms with Crippen molar-refractivity contribution in [2.24, 2.45) is 5.92 Å². The monoisotopic (exact) mass is 312 g/mol. The van der Waals surface area contributed by atoms with E-state index < -0.39 is 0 Å². The molecule has 0 aliphatic heterocycles. The molecule has 1 aliphatic carbocycles. The lowest BCUT2D eigenvalue weighted by atomic mass is 9.91. The van der Waals surface area contributed by atoms with Gasteiger partial charge in [0.25, 0.3) is 0 Å². The number of anilines is 2. The Kier molecular flexibility index (Phi) is 5.61. The molecule has 1 aromatic carbocycles. The predicted molar refractivity (Wildman–Crippen MR) is 88.4 cm³/mol. The molecule has 1 amide bonds. The molecule has 2 unspecified atom stereocenters. The van der Waals surface area contributed by atoms with Crippen molar-refractivity contribution in [1.29, 1.82) is 0 Å². The van der Waals surface area contributed by atoms with E-state index in [1.807, 2.05) is 0 Å². The van der Waals surface area contributed by atoms with Gasteiger partial charge in [-0.15, -0.1) is 11.8 Å². The summed E-state index contributed by atoms with van der Waals surface area (Å²) < 4.78 is 0. The van der Waals surface area contributed by atoms with Gasteiger partial charge in [-0.05, 0) is 37.0 Å². The molecule has 3 N–H and O–H groups in total. The minimum atomic E-state index is 0.0231. The zero-order valence-electron chi connectivity index (χ0n) is 11.7. The van der Waals surface area contributed by atoms with Gasteiger partial charge in [-0.2, -0.15) is 0 Å². The molecule has 0 aromatic heterocycles. The number of nitrogens with one attached hydrogen (secondary N) is 1. The molecule has 0 bridgehead atoms. The molecule has 2 atom stereocenters. The lowest BCUT2D eigenvalue weighted by Crippen LogP contribution is -2.20. The van der Waals surface area contributed by atoms with Crippen LogP contribution in [0.3, 0.4) is 0 Å². The van der Waals surface area contributed by atoms with Crippen LogP contribution in [0.5, 0.6) is 0 Å². The number of nitrogen functional groups attached to an aromatic ring is 1. The number of hydrogen-bond donors (Lipinski definition) is 2. The number of nitrogens with two attached hydrogens (primary N) is 1. The third kappa shape index (κ3) is 4.60. The van der Waals surface area contributed by atoms with Crippen LogP contribution in [0.25, 0.3) is 0 Å². The summed E-state index contributed by atoms with van der Waals surface area (Å²) in [6.45, 7) is 2.29. The number of carbonyl (C=O) groups is 1. The molecule has 1 saturated carbocycles. The van der Waals surface area contributed by atoms with Gasteiger partial charge in [0, 0.05) is 10.9 Å². The molecular formula is C15H21ClN2OS. The summed E-state index contributed by atoms with van der Waals surface area (Å²) in [4.78, 5) is 11.9. The molecule has 1 fully saturated rings. The first-order chi connectivity index (χ1) is 9.54. The van der Waals surface area contributed by atoms with Crippen molar-refractivity contribution in [2.75, 3.05) is 16.8 Å². The highest BCUT2D eigenvalue weighted by molar-refractivity contribution is 8.00. The number of thioether (sulfide) groups is 1. The molecule has 20 heavy (non-hydrogen) atoms. The van der Waals surface area contributed by atoms with Gasteiger partial charge in [-0.1, -0.05) is 31.4 Å². The summed E-state index contributed by atoms with van der Waals surface area (Å²) in [7, 11) is 0. The second-order valence-electron chi connectivity index (χ2n) is 5.49. The summed E-state index contributed by atoms with van der Waals surface area (Å²) in [5.74, 6) is 1.32. The Morgan fingerprint density at radius 3 is 3.00 bits per heavy atom. The second kappa shape index (κ2) is 7.23. The third-order valence-corrected chi connectivity index (χ3v) is 5.29. The number of carbonyl (C=O) groups excluding carboxylic acids is 1. The molecule has 0 radical (unpaired) electrons. The lowest BCUT2D eigenvalue weighted by molar-refractivity contribution is -0.113. The van der Waals surface area contributed by atoms with Crippen molar-refractivity contribution in [1.82, 2.24) is 0 Å². The molecule has 0 saturated heterocycles. The zero-order chi connectivity index (χ0) is 14.5. The van der Waals surface area contributed by atoms with Crippen molar-refractivity contribution in [2.45, 2.75) is 37.9 Å². The van der Waals surface area contributed by atoms with E-state index in [2.05, 4.69) is 12.2 Å². The van der Waals surface area contributed by atoms with Crippen molar-refractivity contribution >= 4 is 40.6 Å². The molecule has 2 rings (SSSR count). The molecule has 3 nitrogen and oxygen atoms in total. The largest absolute Gasteiger partial charge is 0.397 e. The van der Waals surface area contributed by atoms with E-state index in [1.165, 1.54) is 25.7 Å². The Hall–Kier alpha value is -0.870. The average molecular weight is 313 g/mol. The number of amides is 1. The van der Waals surface area contributed by atoms with E-state index in [-0.39, 0.29) is 5.91 Å². The van der Waals surface area contributed by atoms with E-state index in [0.29, 0.717) is 27.4 Å². The average Bonchev–Trinajstić information content (AvgIpc) is 2.41. The molecular weight excluding hydrogens is 292 g/mol. The first-order valence-electron chi connectivity index (χ1n) is 7.01. The zero-order valence-corrected chi connectivity index (χ0v) is 13.3. The number of hydrogen-bond acceptors (Lipinski definition) is 3. The van der Waals surface area contributed by atoms with Gasteiger partial charge in [0.15, 0.2) is 0 Å². The van der Waals surface area contributed by atoms with Gasteiger partial charge in [0.1, 0.15) is 0 Å². The summed E-state index contributed by atoms with van der Waals surface area (Å²) >= 11 is 7.62. The Morgan fingerprint density at radius 1 is 1.50 bits per heavy atom. The summed E-state index contributed by atoms with van der Waals surface area (Å²) in [5, 5.41) is 4.00. The van der Waals surface area contributed by atoms with E-state index in [0.717, 1.165) is 5.92 Å². The van der Waals surface area contributed by atoms with E-state index in [9.17, 15) is 4.79 Å². The maximum Gasteiger partial charge on any atom is 0.234 e. The fourth-order valence-corrected chi connectivity index (χ4v) is 3.92. The number of rotatable bonds is 4. The van der Waals surface area contributed by atoms with Crippen LogP contribution in [-0.4, -0.2) is 16.9 Å². The van der Waals surface area contributed by atoms with Crippen LogP contribution in [-0.2, 0) is 4.79 Å². The van der Waals surface area contributed by atoms with Crippen LogP contribution in [0.15, 0.2) is 18.2 Å². The molecule has 110 valence electrons. The highest BCUT2D eigenvalue weighted by atomic mass is 35.5. The highest BCUT2D eigenvalue weighted by Gasteiger charge is 2.20. The smallest absolute Gasteiger partial charge is 0.234 e. The van der Waals surface area contributed by atoms with Gasteiger partial charge < -0.3 is 11.1 Å². The maximum atomic E-state index is 11.9. The van der Waals surface area contributed by atoms with Crippen LogP contribution in [0.1, 0.15) is 32.6 Å². The Bertz CT molecular complexity index is 481. The second-order valence-corrected chi connectivity index (χ2v) is 7.19.